The minimum Gasteiger partial charge on any atom is -0.477 e. The standard InChI is InChI=1S/C23H18ClF3N2O4/c1-2-32-21-16(9-6-12-28-21)22(31)33-19(14-7-4-3-5-8-14)20(30)29-18-11-10-15(24)13-17(18)23(25,26)27/h3-13,19H,2H2,1H3,(H,29,30)/t19-/m1/s1. The van der Waals surface area contributed by atoms with E-state index in [1.165, 1.54) is 36.5 Å². The van der Waals surface area contributed by atoms with Gasteiger partial charge in [0, 0.05) is 16.8 Å². The molecule has 10 heteroatoms. The third-order valence-corrected chi connectivity index (χ3v) is 4.62. The maximum absolute atomic E-state index is 13.4. The molecule has 3 aromatic rings. The number of pyridine rings is 1. The fourth-order valence-electron chi connectivity index (χ4n) is 2.93. The van der Waals surface area contributed by atoms with Gasteiger partial charge in [0.15, 0.2) is 0 Å². The van der Waals surface area contributed by atoms with Crippen molar-refractivity contribution in [3.8, 4) is 5.88 Å². The molecule has 2 aromatic carbocycles. The van der Waals surface area contributed by atoms with Crippen molar-refractivity contribution < 1.29 is 32.2 Å². The molecule has 1 atom stereocenters. The number of halogens is 4. The zero-order valence-electron chi connectivity index (χ0n) is 17.2. The minimum absolute atomic E-state index is 0.00859. The van der Waals surface area contributed by atoms with Crippen molar-refractivity contribution in [3.63, 3.8) is 0 Å². The molecule has 0 aliphatic heterocycles. The summed E-state index contributed by atoms with van der Waals surface area (Å²) in [6, 6.07) is 13.7. The van der Waals surface area contributed by atoms with Crippen LogP contribution in [-0.4, -0.2) is 23.5 Å². The molecule has 0 fully saturated rings. The number of alkyl halides is 3. The molecule has 0 saturated heterocycles. The van der Waals surface area contributed by atoms with E-state index in [-0.39, 0.29) is 28.6 Å². The second-order valence-electron chi connectivity index (χ2n) is 6.66. The third-order valence-electron chi connectivity index (χ3n) is 4.38. The summed E-state index contributed by atoms with van der Waals surface area (Å²) >= 11 is 5.70. The quantitative estimate of drug-likeness (QED) is 0.441. The Bertz CT molecular complexity index is 1140. The molecular weight excluding hydrogens is 461 g/mol. The molecule has 1 amide bonds. The molecule has 1 aromatic heterocycles. The number of carbonyl (C=O) groups is 2. The van der Waals surface area contributed by atoms with Gasteiger partial charge in [-0.05, 0) is 37.3 Å². The van der Waals surface area contributed by atoms with Crippen molar-refractivity contribution in [3.05, 3.63) is 88.6 Å². The van der Waals surface area contributed by atoms with E-state index in [0.29, 0.717) is 6.07 Å². The van der Waals surface area contributed by atoms with Crippen molar-refractivity contribution in [2.24, 2.45) is 0 Å². The summed E-state index contributed by atoms with van der Waals surface area (Å²) in [4.78, 5) is 29.8. The predicted octanol–water partition coefficient (Wildman–Crippen LogP) is 5.69. The first-order valence-electron chi connectivity index (χ1n) is 9.72. The first-order valence-corrected chi connectivity index (χ1v) is 10.1. The molecule has 0 spiro atoms. The van der Waals surface area contributed by atoms with Gasteiger partial charge in [-0.2, -0.15) is 13.2 Å². The van der Waals surface area contributed by atoms with E-state index in [1.807, 2.05) is 0 Å². The summed E-state index contributed by atoms with van der Waals surface area (Å²) in [5.74, 6) is -1.90. The lowest BCUT2D eigenvalue weighted by Crippen LogP contribution is -2.27. The van der Waals surface area contributed by atoms with Crippen LogP contribution in [0, 0.1) is 0 Å². The summed E-state index contributed by atoms with van der Waals surface area (Å²) in [6.07, 6.45) is -4.90. The van der Waals surface area contributed by atoms with Gasteiger partial charge >= 0.3 is 12.1 Å². The number of aromatic nitrogens is 1. The Morgan fingerprint density at radius 3 is 2.48 bits per heavy atom. The molecule has 0 unspecified atom stereocenters. The van der Waals surface area contributed by atoms with Crippen LogP contribution in [0.15, 0.2) is 66.9 Å². The normalized spacial score (nSPS) is 12.0. The maximum Gasteiger partial charge on any atom is 0.418 e. The fraction of sp³-hybridized carbons (Fsp3) is 0.174. The number of rotatable bonds is 7. The largest absolute Gasteiger partial charge is 0.477 e. The lowest BCUT2D eigenvalue weighted by atomic mass is 10.1. The van der Waals surface area contributed by atoms with E-state index < -0.39 is 35.4 Å². The number of hydrogen-bond acceptors (Lipinski definition) is 5. The highest BCUT2D eigenvalue weighted by atomic mass is 35.5. The lowest BCUT2D eigenvalue weighted by Gasteiger charge is -2.20. The van der Waals surface area contributed by atoms with Crippen LogP contribution in [0.1, 0.15) is 34.5 Å². The molecule has 33 heavy (non-hydrogen) atoms. The van der Waals surface area contributed by atoms with Crippen LogP contribution < -0.4 is 10.1 Å². The van der Waals surface area contributed by atoms with Gasteiger partial charge in [-0.25, -0.2) is 9.78 Å². The number of nitrogens with one attached hydrogen (secondary N) is 1. The Balaban J connectivity index is 1.93. The van der Waals surface area contributed by atoms with Crippen LogP contribution in [0.25, 0.3) is 0 Å². The van der Waals surface area contributed by atoms with Crippen molar-refractivity contribution in [1.29, 1.82) is 0 Å². The van der Waals surface area contributed by atoms with Gasteiger partial charge in [-0.15, -0.1) is 0 Å². The second kappa shape index (κ2) is 10.4. The van der Waals surface area contributed by atoms with Crippen LogP contribution in [0.4, 0.5) is 18.9 Å². The summed E-state index contributed by atoms with van der Waals surface area (Å²) in [7, 11) is 0. The molecule has 6 nitrogen and oxygen atoms in total. The van der Waals surface area contributed by atoms with Gasteiger partial charge in [0.25, 0.3) is 5.91 Å². The second-order valence-corrected chi connectivity index (χ2v) is 7.10. The van der Waals surface area contributed by atoms with Crippen LogP contribution in [0.2, 0.25) is 5.02 Å². The zero-order chi connectivity index (χ0) is 24.0. The number of hydrogen-bond donors (Lipinski definition) is 1. The molecule has 0 aliphatic carbocycles. The van der Waals surface area contributed by atoms with Crippen LogP contribution in [-0.2, 0) is 15.7 Å². The van der Waals surface area contributed by atoms with Crippen molar-refractivity contribution >= 4 is 29.2 Å². The monoisotopic (exact) mass is 478 g/mol. The number of esters is 1. The van der Waals surface area contributed by atoms with Gasteiger partial charge in [0.2, 0.25) is 12.0 Å². The number of amides is 1. The van der Waals surface area contributed by atoms with E-state index >= 15 is 0 Å². The highest BCUT2D eigenvalue weighted by molar-refractivity contribution is 6.30. The Morgan fingerprint density at radius 1 is 1.09 bits per heavy atom. The van der Waals surface area contributed by atoms with Gasteiger partial charge in [-0.1, -0.05) is 41.9 Å². The Hall–Kier alpha value is -3.59. The summed E-state index contributed by atoms with van der Waals surface area (Å²) in [6.45, 7) is 1.94. The van der Waals surface area contributed by atoms with Crippen molar-refractivity contribution in [2.75, 3.05) is 11.9 Å². The van der Waals surface area contributed by atoms with Gasteiger partial charge < -0.3 is 14.8 Å². The molecular formula is C23H18ClF3N2O4. The van der Waals surface area contributed by atoms with E-state index in [1.54, 1.807) is 25.1 Å². The Morgan fingerprint density at radius 2 is 1.82 bits per heavy atom. The van der Waals surface area contributed by atoms with Gasteiger partial charge in [0.05, 0.1) is 17.9 Å². The summed E-state index contributed by atoms with van der Waals surface area (Å²) in [5.41, 5.74) is -1.43. The van der Waals surface area contributed by atoms with E-state index in [9.17, 15) is 22.8 Å². The number of ether oxygens (including phenoxy) is 2. The fourth-order valence-corrected chi connectivity index (χ4v) is 3.10. The zero-order valence-corrected chi connectivity index (χ0v) is 18.0. The SMILES string of the molecule is CCOc1ncccc1C(=O)O[C@@H](C(=O)Nc1ccc(Cl)cc1C(F)(F)F)c1ccccc1. The van der Waals surface area contributed by atoms with Crippen LogP contribution in [0.3, 0.4) is 0 Å². The highest BCUT2D eigenvalue weighted by Gasteiger charge is 2.35. The number of benzene rings is 2. The molecule has 0 saturated carbocycles. The topological polar surface area (TPSA) is 77.5 Å². The van der Waals surface area contributed by atoms with Crippen molar-refractivity contribution in [2.45, 2.75) is 19.2 Å². The Kier molecular flexibility index (Phi) is 7.55. The molecule has 0 bridgehead atoms. The number of anilines is 1. The summed E-state index contributed by atoms with van der Waals surface area (Å²) in [5, 5.41) is 2.05. The van der Waals surface area contributed by atoms with Crippen molar-refractivity contribution in [1.82, 2.24) is 4.98 Å². The van der Waals surface area contributed by atoms with Gasteiger partial charge in [0.1, 0.15) is 5.56 Å². The van der Waals surface area contributed by atoms with Crippen LogP contribution >= 0.6 is 11.6 Å². The van der Waals surface area contributed by atoms with E-state index in [4.69, 9.17) is 21.1 Å². The van der Waals surface area contributed by atoms with Gasteiger partial charge in [-0.3, -0.25) is 4.79 Å². The molecule has 172 valence electrons. The summed E-state index contributed by atoms with van der Waals surface area (Å²) < 4.78 is 51.0. The smallest absolute Gasteiger partial charge is 0.418 e. The Labute approximate surface area is 192 Å². The first kappa shape index (κ1) is 24.1. The third kappa shape index (κ3) is 6.01. The first-order chi connectivity index (χ1) is 15.7. The molecule has 0 radical (unpaired) electrons. The lowest BCUT2D eigenvalue weighted by molar-refractivity contribution is -0.137. The van der Waals surface area contributed by atoms with E-state index in [2.05, 4.69) is 10.3 Å². The highest BCUT2D eigenvalue weighted by Crippen LogP contribution is 2.37. The molecule has 3 rings (SSSR count). The predicted molar refractivity (Wildman–Crippen MR) is 115 cm³/mol. The minimum atomic E-state index is -4.77. The number of nitrogens with zero attached hydrogens (tertiary/aromatic N) is 1. The maximum atomic E-state index is 13.4. The number of carbonyl (C=O) groups excluding carboxylic acids is 2. The molecule has 1 N–H and O–H groups in total. The molecule has 0 aliphatic rings. The molecule has 1 heterocycles. The van der Waals surface area contributed by atoms with Crippen LogP contribution in [0.5, 0.6) is 5.88 Å². The average Bonchev–Trinajstić information content (AvgIpc) is 2.79. The average molecular weight is 479 g/mol. The van der Waals surface area contributed by atoms with E-state index in [0.717, 1.165) is 6.07 Å².